The number of nitrogens with one attached hydrogen (secondary N) is 3. The summed E-state index contributed by atoms with van der Waals surface area (Å²) in [5.74, 6) is 0.295. The first-order valence-electron chi connectivity index (χ1n) is 9.00. The second-order valence-electron chi connectivity index (χ2n) is 6.15. The molecule has 0 saturated carbocycles. The number of ether oxygens (including phenoxy) is 2. The van der Waals surface area contributed by atoms with Crippen molar-refractivity contribution in [3.8, 4) is 17.2 Å². The van der Waals surface area contributed by atoms with Gasteiger partial charge in [-0.25, -0.2) is 9.18 Å². The van der Waals surface area contributed by atoms with E-state index in [9.17, 15) is 14.0 Å². The van der Waals surface area contributed by atoms with Gasteiger partial charge in [0, 0.05) is 18.4 Å². The van der Waals surface area contributed by atoms with Crippen LogP contribution in [0.15, 0.2) is 66.7 Å². The van der Waals surface area contributed by atoms with Gasteiger partial charge < -0.3 is 25.4 Å². The van der Waals surface area contributed by atoms with Gasteiger partial charge in [0.1, 0.15) is 23.1 Å². The number of carbonyl (C=O) groups is 2. The van der Waals surface area contributed by atoms with Crippen LogP contribution in [0.25, 0.3) is 0 Å². The zero-order valence-electron chi connectivity index (χ0n) is 16.4. The number of halogens is 1. The lowest BCUT2D eigenvalue weighted by Gasteiger charge is -2.10. The van der Waals surface area contributed by atoms with E-state index in [2.05, 4.69) is 16.0 Å². The van der Waals surface area contributed by atoms with E-state index in [0.29, 0.717) is 28.6 Å². The van der Waals surface area contributed by atoms with Crippen LogP contribution < -0.4 is 25.4 Å². The van der Waals surface area contributed by atoms with Crippen molar-refractivity contribution in [1.82, 2.24) is 5.32 Å². The Labute approximate surface area is 172 Å². The van der Waals surface area contributed by atoms with Gasteiger partial charge in [-0.15, -0.1) is 0 Å². The third-order valence-corrected chi connectivity index (χ3v) is 4.11. The molecule has 3 N–H and O–H groups in total. The molecule has 7 nitrogen and oxygen atoms in total. The number of anilines is 2. The van der Waals surface area contributed by atoms with Crippen LogP contribution in [-0.4, -0.2) is 26.1 Å². The fourth-order valence-corrected chi connectivity index (χ4v) is 2.59. The molecule has 0 aliphatic heterocycles. The predicted molar refractivity (Wildman–Crippen MR) is 112 cm³/mol. The molecule has 0 spiro atoms. The highest BCUT2D eigenvalue weighted by atomic mass is 19.1. The molecule has 154 valence electrons. The maximum atomic E-state index is 13.7. The Kier molecular flexibility index (Phi) is 6.49. The number of carbonyl (C=O) groups excluding carboxylic acids is 2. The summed E-state index contributed by atoms with van der Waals surface area (Å²) in [4.78, 5) is 23.8. The number of urea groups is 1. The molecule has 0 unspecified atom stereocenters. The summed E-state index contributed by atoms with van der Waals surface area (Å²) in [7, 11) is 2.99. The fourth-order valence-electron chi connectivity index (χ4n) is 2.59. The standard InChI is InChI=1S/C22H20FN3O4/c1-24-21(27)19-13-18(11-12-20(19)23)30-17-9-5-15(6-10-17)26-22(28)25-14-3-7-16(29-2)8-4-14/h3-13H,1-2H3,(H,24,27)(H2,25,26,28). The number of amides is 3. The highest BCUT2D eigenvalue weighted by molar-refractivity contribution is 5.99. The van der Waals surface area contributed by atoms with Gasteiger partial charge >= 0.3 is 6.03 Å². The monoisotopic (exact) mass is 409 g/mol. The number of benzene rings is 3. The molecule has 3 aromatic rings. The third kappa shape index (κ3) is 5.26. The SMILES string of the molecule is CNC(=O)c1cc(Oc2ccc(NC(=O)Nc3ccc(OC)cc3)cc2)ccc1F. The van der Waals surface area contributed by atoms with Crippen LogP contribution in [0.5, 0.6) is 17.2 Å². The van der Waals surface area contributed by atoms with Crippen LogP contribution >= 0.6 is 0 Å². The third-order valence-electron chi connectivity index (χ3n) is 4.11. The largest absolute Gasteiger partial charge is 0.497 e. The Morgan fingerprint density at radius 2 is 1.33 bits per heavy atom. The second kappa shape index (κ2) is 9.42. The van der Waals surface area contributed by atoms with Crippen LogP contribution in [0.1, 0.15) is 10.4 Å². The van der Waals surface area contributed by atoms with Gasteiger partial charge in [-0.1, -0.05) is 0 Å². The van der Waals surface area contributed by atoms with Crippen molar-refractivity contribution in [3.63, 3.8) is 0 Å². The Morgan fingerprint density at radius 3 is 1.87 bits per heavy atom. The van der Waals surface area contributed by atoms with E-state index in [1.807, 2.05) is 0 Å². The lowest BCUT2D eigenvalue weighted by Crippen LogP contribution is -2.19. The van der Waals surface area contributed by atoms with Crippen LogP contribution in [0.4, 0.5) is 20.6 Å². The molecule has 0 aliphatic rings. The van der Waals surface area contributed by atoms with Gasteiger partial charge in [0.2, 0.25) is 0 Å². The van der Waals surface area contributed by atoms with Gasteiger partial charge in [0.05, 0.1) is 12.7 Å². The van der Waals surface area contributed by atoms with Crippen molar-refractivity contribution in [2.45, 2.75) is 0 Å². The van der Waals surface area contributed by atoms with Crippen molar-refractivity contribution in [2.75, 3.05) is 24.8 Å². The highest BCUT2D eigenvalue weighted by Crippen LogP contribution is 2.25. The van der Waals surface area contributed by atoms with Gasteiger partial charge in [0.15, 0.2) is 0 Å². The Balaban J connectivity index is 1.60. The molecule has 0 fully saturated rings. The molecule has 8 heteroatoms. The Bertz CT molecular complexity index is 1040. The van der Waals surface area contributed by atoms with Crippen molar-refractivity contribution >= 4 is 23.3 Å². The molecule has 3 rings (SSSR count). The molecule has 0 heterocycles. The van der Waals surface area contributed by atoms with E-state index in [1.165, 1.54) is 25.2 Å². The molecular weight excluding hydrogens is 389 g/mol. The topological polar surface area (TPSA) is 88.7 Å². The zero-order valence-corrected chi connectivity index (χ0v) is 16.4. The van der Waals surface area contributed by atoms with E-state index < -0.39 is 17.8 Å². The van der Waals surface area contributed by atoms with Crippen molar-refractivity contribution < 1.29 is 23.5 Å². The summed E-state index contributed by atoms with van der Waals surface area (Å²) in [6.45, 7) is 0. The normalized spacial score (nSPS) is 10.1. The number of hydrogen-bond donors (Lipinski definition) is 3. The van der Waals surface area contributed by atoms with E-state index in [4.69, 9.17) is 9.47 Å². The van der Waals surface area contributed by atoms with Gasteiger partial charge in [-0.2, -0.15) is 0 Å². The Hall–Kier alpha value is -4.07. The van der Waals surface area contributed by atoms with Gasteiger partial charge in [0.25, 0.3) is 5.91 Å². The average Bonchev–Trinajstić information content (AvgIpc) is 2.76. The summed E-state index contributed by atoms with van der Waals surface area (Å²) in [6, 6.07) is 17.1. The number of hydrogen-bond acceptors (Lipinski definition) is 4. The van der Waals surface area contributed by atoms with Crippen molar-refractivity contribution in [1.29, 1.82) is 0 Å². The van der Waals surface area contributed by atoms with Crippen LogP contribution in [0.2, 0.25) is 0 Å². The quantitative estimate of drug-likeness (QED) is 0.554. The van der Waals surface area contributed by atoms with E-state index in [1.54, 1.807) is 55.6 Å². The molecule has 0 bridgehead atoms. The highest BCUT2D eigenvalue weighted by Gasteiger charge is 2.12. The summed E-state index contributed by atoms with van der Waals surface area (Å²) in [6.07, 6.45) is 0. The summed E-state index contributed by atoms with van der Waals surface area (Å²) in [5, 5.41) is 7.80. The molecule has 0 aliphatic carbocycles. The zero-order chi connectivity index (χ0) is 21.5. The van der Waals surface area contributed by atoms with Crippen LogP contribution in [0, 0.1) is 5.82 Å². The lowest BCUT2D eigenvalue weighted by molar-refractivity contribution is 0.0958. The predicted octanol–water partition coefficient (Wildman–Crippen LogP) is 4.63. The van der Waals surface area contributed by atoms with Crippen molar-refractivity contribution in [3.05, 3.63) is 78.1 Å². The first-order chi connectivity index (χ1) is 14.5. The number of methoxy groups -OCH3 is 1. The first-order valence-corrected chi connectivity index (χ1v) is 9.00. The molecular formula is C22H20FN3O4. The van der Waals surface area contributed by atoms with Crippen LogP contribution in [-0.2, 0) is 0 Å². The summed E-state index contributed by atoms with van der Waals surface area (Å²) >= 11 is 0. The molecule has 0 saturated heterocycles. The van der Waals surface area contributed by atoms with E-state index in [0.717, 1.165) is 0 Å². The minimum Gasteiger partial charge on any atom is -0.497 e. The summed E-state index contributed by atoms with van der Waals surface area (Å²) < 4.78 is 24.5. The van der Waals surface area contributed by atoms with Crippen molar-refractivity contribution in [2.24, 2.45) is 0 Å². The second-order valence-corrected chi connectivity index (χ2v) is 6.15. The molecule has 3 aromatic carbocycles. The van der Waals surface area contributed by atoms with E-state index >= 15 is 0 Å². The molecule has 0 atom stereocenters. The molecule has 30 heavy (non-hydrogen) atoms. The Morgan fingerprint density at radius 1 is 0.800 bits per heavy atom. The van der Waals surface area contributed by atoms with Gasteiger partial charge in [-0.05, 0) is 66.7 Å². The maximum Gasteiger partial charge on any atom is 0.323 e. The fraction of sp³-hybridized carbons (Fsp3) is 0.0909. The van der Waals surface area contributed by atoms with Crippen LogP contribution in [0.3, 0.4) is 0 Å². The first kappa shape index (κ1) is 20.7. The smallest absolute Gasteiger partial charge is 0.323 e. The van der Waals surface area contributed by atoms with E-state index in [-0.39, 0.29) is 5.56 Å². The minimum absolute atomic E-state index is 0.108. The summed E-state index contributed by atoms with van der Waals surface area (Å²) in [5.41, 5.74) is 1.07. The molecule has 0 aromatic heterocycles. The van der Waals surface area contributed by atoms with Gasteiger partial charge in [-0.3, -0.25) is 4.79 Å². The average molecular weight is 409 g/mol. The molecule has 3 amide bonds. The number of rotatable bonds is 6. The molecule has 0 radical (unpaired) electrons. The minimum atomic E-state index is -0.635. The lowest BCUT2D eigenvalue weighted by atomic mass is 10.2. The maximum absolute atomic E-state index is 13.7.